The Morgan fingerprint density at radius 1 is 1.04 bits per heavy atom. The van der Waals surface area contributed by atoms with Crippen LogP contribution in [0.25, 0.3) is 0 Å². The molecule has 2 aromatic rings. The van der Waals surface area contributed by atoms with Crippen LogP contribution in [-0.2, 0) is 16.3 Å². The van der Waals surface area contributed by atoms with Crippen LogP contribution in [0.2, 0.25) is 0 Å². The molecular weight excluding hydrogens is 358 g/mol. The highest BCUT2D eigenvalue weighted by molar-refractivity contribution is 7.90. The van der Waals surface area contributed by atoms with E-state index in [0.717, 1.165) is 24.3 Å². The van der Waals surface area contributed by atoms with E-state index in [2.05, 4.69) is 17.4 Å². The zero-order valence-corrected chi connectivity index (χ0v) is 16.3. The topological polar surface area (TPSA) is 63.2 Å². The Morgan fingerprint density at radius 2 is 1.70 bits per heavy atom. The number of benzene rings is 2. The molecule has 4 nitrogen and oxygen atoms in total. The molecule has 2 saturated carbocycles. The van der Waals surface area contributed by atoms with E-state index in [1.165, 1.54) is 37.0 Å². The molecule has 1 N–H and O–H groups in total. The number of hydrogen-bond acceptors (Lipinski definition) is 4. The third-order valence-corrected chi connectivity index (χ3v) is 6.66. The predicted octanol–water partition coefficient (Wildman–Crippen LogP) is 3.37. The molecule has 4 rings (SSSR count). The molecule has 0 radical (unpaired) electrons. The van der Waals surface area contributed by atoms with Gasteiger partial charge in [0.15, 0.2) is 15.6 Å². The second-order valence-corrected chi connectivity index (χ2v) is 9.95. The first-order chi connectivity index (χ1) is 12.9. The molecule has 2 atom stereocenters. The van der Waals surface area contributed by atoms with Crippen LogP contribution in [0.4, 0.5) is 0 Å². The number of carbonyl (C=O) groups excluding carboxylic acids is 1. The van der Waals surface area contributed by atoms with Gasteiger partial charge in [0.2, 0.25) is 0 Å². The average Bonchev–Trinajstić information content (AvgIpc) is 3.54. The molecule has 0 saturated heterocycles. The lowest BCUT2D eigenvalue weighted by Crippen LogP contribution is -2.20. The van der Waals surface area contributed by atoms with Crippen LogP contribution in [0.1, 0.15) is 46.7 Å². The van der Waals surface area contributed by atoms with Gasteiger partial charge in [0, 0.05) is 30.2 Å². The average molecular weight is 384 g/mol. The zero-order chi connectivity index (χ0) is 19.0. The lowest BCUT2D eigenvalue weighted by atomic mass is 10.0. The zero-order valence-electron chi connectivity index (χ0n) is 15.5. The fourth-order valence-corrected chi connectivity index (χ4v) is 4.12. The van der Waals surface area contributed by atoms with Crippen LogP contribution >= 0.6 is 0 Å². The van der Waals surface area contributed by atoms with Gasteiger partial charge in [-0.2, -0.15) is 0 Å². The van der Waals surface area contributed by atoms with Crippen molar-refractivity contribution in [3.8, 4) is 0 Å². The highest BCUT2D eigenvalue weighted by Gasteiger charge is 2.38. The van der Waals surface area contributed by atoms with Gasteiger partial charge in [-0.25, -0.2) is 8.42 Å². The van der Waals surface area contributed by atoms with E-state index in [9.17, 15) is 13.2 Å². The van der Waals surface area contributed by atoms with E-state index in [4.69, 9.17) is 0 Å². The van der Waals surface area contributed by atoms with Crippen molar-refractivity contribution < 1.29 is 13.2 Å². The molecule has 0 bridgehead atoms. The molecule has 0 spiro atoms. The number of rotatable bonds is 8. The number of carbonyl (C=O) groups is 1. The Kier molecular flexibility index (Phi) is 4.91. The molecule has 2 aliphatic rings. The molecule has 0 aromatic heterocycles. The molecule has 5 heteroatoms. The van der Waals surface area contributed by atoms with E-state index in [-0.39, 0.29) is 10.7 Å². The summed E-state index contributed by atoms with van der Waals surface area (Å²) in [4.78, 5) is 12.7. The second kappa shape index (κ2) is 7.21. The monoisotopic (exact) mass is 383 g/mol. The molecule has 2 unspecified atom stereocenters. The smallest absolute Gasteiger partial charge is 0.175 e. The predicted molar refractivity (Wildman–Crippen MR) is 106 cm³/mol. The molecule has 2 aromatic carbocycles. The first-order valence-electron chi connectivity index (χ1n) is 9.56. The minimum atomic E-state index is -3.24. The molecule has 0 heterocycles. The third kappa shape index (κ3) is 4.66. The number of sulfone groups is 1. The first kappa shape index (κ1) is 18.4. The molecule has 0 amide bonds. The summed E-state index contributed by atoms with van der Waals surface area (Å²) in [6.07, 6.45) is 5.45. The summed E-state index contributed by atoms with van der Waals surface area (Å²) in [5.74, 6) is 1.52. The summed E-state index contributed by atoms with van der Waals surface area (Å²) >= 11 is 0. The maximum Gasteiger partial charge on any atom is 0.175 e. The molecular formula is C22H25NO3S. The number of ketones is 1. The van der Waals surface area contributed by atoms with E-state index in [0.29, 0.717) is 23.9 Å². The Morgan fingerprint density at radius 3 is 2.30 bits per heavy atom. The van der Waals surface area contributed by atoms with Crippen molar-refractivity contribution in [1.29, 1.82) is 0 Å². The maximum atomic E-state index is 12.5. The minimum Gasteiger partial charge on any atom is -0.313 e. The Balaban J connectivity index is 1.33. The largest absolute Gasteiger partial charge is 0.313 e. The van der Waals surface area contributed by atoms with Gasteiger partial charge in [0.25, 0.3) is 0 Å². The highest BCUT2D eigenvalue weighted by atomic mass is 32.2. The lowest BCUT2D eigenvalue weighted by Gasteiger charge is -2.06. The standard InChI is InChI=1S/C22H25NO3S/c1-27(25,26)19-10-8-18(9-11-19)22(24)12-15-4-6-17(7-5-15)20-13-21(20)23-14-16-2-3-16/h4-11,16,20-21,23H,2-3,12-14H2,1H3. The Bertz CT molecular complexity index is 929. The summed E-state index contributed by atoms with van der Waals surface area (Å²) in [7, 11) is -3.24. The Labute approximate surface area is 160 Å². The Hall–Kier alpha value is -1.98. The van der Waals surface area contributed by atoms with E-state index < -0.39 is 9.84 Å². The van der Waals surface area contributed by atoms with Crippen LogP contribution in [0.5, 0.6) is 0 Å². The van der Waals surface area contributed by atoms with Gasteiger partial charge >= 0.3 is 0 Å². The summed E-state index contributed by atoms with van der Waals surface area (Å²) < 4.78 is 23.0. The minimum absolute atomic E-state index is 0.00167. The van der Waals surface area contributed by atoms with Crippen molar-refractivity contribution in [1.82, 2.24) is 5.32 Å². The SMILES string of the molecule is CS(=O)(=O)c1ccc(C(=O)Cc2ccc(C3CC3NCC3CC3)cc2)cc1. The molecule has 2 aliphatic carbocycles. The summed E-state index contributed by atoms with van der Waals surface area (Å²) in [6.45, 7) is 1.16. The van der Waals surface area contributed by atoms with Gasteiger partial charge in [0.05, 0.1) is 4.90 Å². The summed E-state index contributed by atoms with van der Waals surface area (Å²) in [5, 5.41) is 3.65. The first-order valence-corrected chi connectivity index (χ1v) is 11.4. The van der Waals surface area contributed by atoms with Crippen LogP contribution in [0, 0.1) is 5.92 Å². The second-order valence-electron chi connectivity index (χ2n) is 7.94. The van der Waals surface area contributed by atoms with Crippen LogP contribution < -0.4 is 5.32 Å². The van der Waals surface area contributed by atoms with Crippen LogP contribution in [0.15, 0.2) is 53.4 Å². The van der Waals surface area contributed by atoms with Crippen molar-refractivity contribution in [2.75, 3.05) is 12.8 Å². The van der Waals surface area contributed by atoms with E-state index in [1.54, 1.807) is 12.1 Å². The number of nitrogens with one attached hydrogen (secondary N) is 1. The number of hydrogen-bond donors (Lipinski definition) is 1. The maximum absolute atomic E-state index is 12.5. The van der Waals surface area contributed by atoms with Crippen molar-refractivity contribution in [2.24, 2.45) is 5.92 Å². The van der Waals surface area contributed by atoms with Crippen molar-refractivity contribution in [3.05, 3.63) is 65.2 Å². The van der Waals surface area contributed by atoms with Gasteiger partial charge in [-0.3, -0.25) is 4.79 Å². The van der Waals surface area contributed by atoms with Crippen LogP contribution in [0.3, 0.4) is 0 Å². The lowest BCUT2D eigenvalue weighted by molar-refractivity contribution is 0.0993. The van der Waals surface area contributed by atoms with Gasteiger partial charge in [0.1, 0.15) is 0 Å². The third-order valence-electron chi connectivity index (χ3n) is 5.53. The summed E-state index contributed by atoms with van der Waals surface area (Å²) in [6, 6.07) is 15.1. The molecule has 0 aliphatic heterocycles. The normalized spacial score (nSPS) is 21.8. The van der Waals surface area contributed by atoms with Crippen LogP contribution in [-0.4, -0.2) is 33.0 Å². The van der Waals surface area contributed by atoms with Crippen molar-refractivity contribution >= 4 is 15.6 Å². The molecule has 27 heavy (non-hydrogen) atoms. The number of Topliss-reactive ketones (excluding diaryl/α,β-unsaturated/α-hetero) is 1. The van der Waals surface area contributed by atoms with Crippen molar-refractivity contribution in [3.63, 3.8) is 0 Å². The summed E-state index contributed by atoms with van der Waals surface area (Å²) in [5.41, 5.74) is 2.87. The highest BCUT2D eigenvalue weighted by Crippen LogP contribution is 2.41. The van der Waals surface area contributed by atoms with Crippen molar-refractivity contribution in [2.45, 2.75) is 42.5 Å². The van der Waals surface area contributed by atoms with Gasteiger partial charge in [-0.15, -0.1) is 0 Å². The fraction of sp³-hybridized carbons (Fsp3) is 0.409. The molecule has 142 valence electrons. The van der Waals surface area contributed by atoms with Gasteiger partial charge < -0.3 is 5.32 Å². The van der Waals surface area contributed by atoms with Gasteiger partial charge in [-0.05, 0) is 55.0 Å². The fourth-order valence-electron chi connectivity index (χ4n) is 3.49. The van der Waals surface area contributed by atoms with E-state index >= 15 is 0 Å². The molecule has 2 fully saturated rings. The van der Waals surface area contributed by atoms with E-state index in [1.807, 2.05) is 12.1 Å². The quantitative estimate of drug-likeness (QED) is 0.710. The van der Waals surface area contributed by atoms with Gasteiger partial charge in [-0.1, -0.05) is 36.4 Å².